The molecule has 1 atom stereocenters. The zero-order valence-corrected chi connectivity index (χ0v) is 25.3. The highest BCUT2D eigenvalue weighted by Crippen LogP contribution is 2.46. The van der Waals surface area contributed by atoms with Crippen molar-refractivity contribution in [1.29, 1.82) is 0 Å². The third-order valence-corrected chi connectivity index (χ3v) is 10.5. The number of benzene rings is 2. The van der Waals surface area contributed by atoms with E-state index in [4.69, 9.17) is 16.8 Å². The third kappa shape index (κ3) is 6.83. The molecule has 30 heavy (non-hydrogen) atoms. The summed E-state index contributed by atoms with van der Waals surface area (Å²) in [6.07, 6.45) is 5.90. The Morgan fingerprint density at radius 2 is 1.33 bits per heavy atom. The van der Waals surface area contributed by atoms with Gasteiger partial charge in [-0.1, -0.05) is 93.3 Å². The summed E-state index contributed by atoms with van der Waals surface area (Å²) < 4.78 is 23.5. The van der Waals surface area contributed by atoms with Gasteiger partial charge in [0.25, 0.3) is 30.0 Å². The molecule has 0 fully saturated rings. The first kappa shape index (κ1) is 25.4. The quantitative estimate of drug-likeness (QED) is 0.290. The van der Waals surface area contributed by atoms with E-state index in [0.29, 0.717) is 0 Å². The van der Waals surface area contributed by atoms with Crippen LogP contribution >= 0.6 is 0 Å². The van der Waals surface area contributed by atoms with Crippen molar-refractivity contribution in [3.05, 3.63) is 71.8 Å². The summed E-state index contributed by atoms with van der Waals surface area (Å²) in [7, 11) is -2.16. The van der Waals surface area contributed by atoms with E-state index in [9.17, 15) is 0 Å². The van der Waals surface area contributed by atoms with Crippen LogP contribution in [0.1, 0.15) is 64.0 Å². The van der Waals surface area contributed by atoms with Crippen LogP contribution in [0.5, 0.6) is 0 Å². The van der Waals surface area contributed by atoms with Gasteiger partial charge in [-0.05, 0) is 31.4 Å². The maximum Gasteiger partial charge on any atom is 0.295 e. The van der Waals surface area contributed by atoms with E-state index in [1.54, 1.807) is 0 Å². The second kappa shape index (κ2) is 13.5. The minimum absolute atomic E-state index is 0.270. The highest BCUT2D eigenvalue weighted by molar-refractivity contribution is 6.42. The smallest absolute Gasteiger partial charge is 0.295 e. The van der Waals surface area contributed by atoms with Gasteiger partial charge in [0.2, 0.25) is 0 Å². The van der Waals surface area contributed by atoms with Gasteiger partial charge in [0, 0.05) is 5.41 Å². The second-order valence-electron chi connectivity index (χ2n) is 8.09. The molecule has 1 unspecified atom stereocenters. The molecule has 2 aromatic rings. The molecule has 0 bridgehead atoms. The zero-order chi connectivity index (χ0) is 21.7. The largest absolute Gasteiger partial charge is 0.449 e. The lowest BCUT2D eigenvalue weighted by molar-refractivity contribution is 0.00850. The fraction of sp³-hybridized carbons (Fsp3) is 0.455. The van der Waals surface area contributed by atoms with E-state index in [2.05, 4.69) is 81.4 Å². The molecule has 0 saturated carbocycles. The van der Waals surface area contributed by atoms with Gasteiger partial charge in [-0.3, -0.25) is 0 Å². The molecule has 0 aliphatic carbocycles. The Morgan fingerprint density at radius 1 is 0.767 bits per heavy atom. The minimum Gasteiger partial charge on any atom is -0.449 e. The van der Waals surface area contributed by atoms with Crippen molar-refractivity contribution < 1.29 is 16.8 Å². The Morgan fingerprint density at radius 3 is 1.87 bits per heavy atom. The molecular weight excluding hydrogens is 441 g/mol. The van der Waals surface area contributed by atoms with Gasteiger partial charge in [0.1, 0.15) is 10.5 Å². The molecule has 0 N–H and O–H groups in total. The fourth-order valence-electron chi connectivity index (χ4n) is 4.06. The SMILES string of the molecule is CCCCCCC(C)(O[SiH2]O[SiH2]O[SiH2]O[SiH3])C(C)(c1ccccc1)c1ccccc1. The van der Waals surface area contributed by atoms with Crippen molar-refractivity contribution >= 4 is 40.5 Å². The standard InChI is InChI=1S/C22H38O4Si4/c1-4-5-6-13-18-21(2,23-28-25-30-26-29-24-27)22(3,19-14-9-7-10-15-19)20-16-11-8-12-17-20/h7-12,14-17H,4-6,13,18,28-30H2,1-3,27H3. The van der Waals surface area contributed by atoms with Gasteiger partial charge in [-0.2, -0.15) is 0 Å². The van der Waals surface area contributed by atoms with Gasteiger partial charge in [-0.25, -0.2) is 0 Å². The number of hydrogen-bond acceptors (Lipinski definition) is 4. The Hall–Kier alpha value is -0.852. The van der Waals surface area contributed by atoms with Crippen molar-refractivity contribution in [2.75, 3.05) is 0 Å². The molecule has 0 radical (unpaired) electrons. The number of unbranched alkanes of at least 4 members (excludes halogenated alkanes) is 3. The molecule has 4 nitrogen and oxygen atoms in total. The van der Waals surface area contributed by atoms with Crippen molar-refractivity contribution in [2.24, 2.45) is 0 Å². The summed E-state index contributed by atoms with van der Waals surface area (Å²) in [5, 5.41) is 0. The van der Waals surface area contributed by atoms with Crippen LogP contribution in [0.25, 0.3) is 0 Å². The highest BCUT2D eigenvalue weighted by Gasteiger charge is 2.47. The fourth-order valence-corrected chi connectivity index (χ4v) is 9.33. The van der Waals surface area contributed by atoms with E-state index in [0.717, 1.165) is 23.3 Å². The van der Waals surface area contributed by atoms with Crippen molar-refractivity contribution in [1.82, 2.24) is 0 Å². The van der Waals surface area contributed by atoms with Crippen LogP contribution in [-0.2, 0) is 22.2 Å². The summed E-state index contributed by atoms with van der Waals surface area (Å²) >= 11 is 0. The molecule has 0 heterocycles. The normalized spacial score (nSPS) is 15.2. The van der Waals surface area contributed by atoms with Gasteiger partial charge in [0.15, 0.2) is 0 Å². The Kier molecular flexibility index (Phi) is 11.5. The van der Waals surface area contributed by atoms with Crippen LogP contribution in [0.4, 0.5) is 0 Å². The highest BCUT2D eigenvalue weighted by atomic mass is 28.4. The summed E-state index contributed by atoms with van der Waals surface area (Å²) in [5.41, 5.74) is 1.95. The van der Waals surface area contributed by atoms with Crippen LogP contribution in [0.2, 0.25) is 0 Å². The molecule has 0 saturated heterocycles. The van der Waals surface area contributed by atoms with E-state index < -0.39 is 30.0 Å². The number of hydrogen-bond donors (Lipinski definition) is 0. The van der Waals surface area contributed by atoms with E-state index >= 15 is 0 Å². The Balaban J connectivity index is 2.31. The van der Waals surface area contributed by atoms with Gasteiger partial charge >= 0.3 is 0 Å². The molecule has 166 valence electrons. The van der Waals surface area contributed by atoms with Crippen molar-refractivity contribution in [3.63, 3.8) is 0 Å². The van der Waals surface area contributed by atoms with Crippen LogP contribution in [0.15, 0.2) is 60.7 Å². The predicted molar refractivity (Wildman–Crippen MR) is 136 cm³/mol. The first-order valence-corrected chi connectivity index (χ1v) is 15.3. The molecule has 0 spiro atoms. The molecule has 0 aliphatic heterocycles. The molecule has 0 aromatic heterocycles. The van der Waals surface area contributed by atoms with Crippen LogP contribution in [0.3, 0.4) is 0 Å². The second-order valence-corrected chi connectivity index (χ2v) is 14.7. The average Bonchev–Trinajstić information content (AvgIpc) is 2.79. The van der Waals surface area contributed by atoms with Crippen LogP contribution < -0.4 is 0 Å². The zero-order valence-electron chi connectivity index (χ0n) is 19.1. The number of rotatable bonds is 15. The van der Waals surface area contributed by atoms with Crippen molar-refractivity contribution in [2.45, 2.75) is 63.9 Å². The Bertz CT molecular complexity index is 665. The first-order chi connectivity index (χ1) is 14.6. The molecule has 8 heteroatoms. The minimum atomic E-state index is -1.14. The van der Waals surface area contributed by atoms with Gasteiger partial charge in [0.05, 0.1) is 5.60 Å². The lowest BCUT2D eigenvalue weighted by Crippen LogP contribution is -2.51. The monoisotopic (exact) mass is 478 g/mol. The lowest BCUT2D eigenvalue weighted by atomic mass is 9.63. The lowest BCUT2D eigenvalue weighted by Gasteiger charge is -2.48. The van der Waals surface area contributed by atoms with E-state index in [1.807, 2.05) is 0 Å². The third-order valence-electron chi connectivity index (χ3n) is 6.10. The molecule has 0 amide bonds. The molecule has 2 rings (SSSR count). The summed E-state index contributed by atoms with van der Waals surface area (Å²) in [6, 6.07) is 21.6. The first-order valence-electron chi connectivity index (χ1n) is 11.0. The summed E-state index contributed by atoms with van der Waals surface area (Å²) in [6.45, 7) is 6.88. The maximum absolute atomic E-state index is 6.72. The van der Waals surface area contributed by atoms with Crippen molar-refractivity contribution in [3.8, 4) is 0 Å². The topological polar surface area (TPSA) is 36.9 Å². The summed E-state index contributed by atoms with van der Waals surface area (Å²) in [4.78, 5) is 0. The van der Waals surface area contributed by atoms with Crippen LogP contribution in [-0.4, -0.2) is 46.1 Å². The van der Waals surface area contributed by atoms with Gasteiger partial charge < -0.3 is 16.8 Å². The predicted octanol–water partition coefficient (Wildman–Crippen LogP) is 2.06. The average molecular weight is 479 g/mol. The maximum atomic E-state index is 6.72. The van der Waals surface area contributed by atoms with Gasteiger partial charge in [-0.15, -0.1) is 0 Å². The molecular formula is C22H38O4Si4. The van der Waals surface area contributed by atoms with E-state index in [-0.39, 0.29) is 11.0 Å². The molecule has 0 aliphatic rings. The van der Waals surface area contributed by atoms with Crippen LogP contribution in [0, 0.1) is 0 Å². The molecule has 2 aromatic carbocycles. The van der Waals surface area contributed by atoms with E-state index in [1.165, 1.54) is 30.4 Å². The Labute approximate surface area is 192 Å². The summed E-state index contributed by atoms with van der Waals surface area (Å²) in [5.74, 6) is 0.